The largest absolute Gasteiger partial charge is 0.382 e. The van der Waals surface area contributed by atoms with Gasteiger partial charge < -0.3 is 11.1 Å². The van der Waals surface area contributed by atoms with Crippen molar-refractivity contribution in [1.82, 2.24) is 14.8 Å². The number of amides is 1. The summed E-state index contributed by atoms with van der Waals surface area (Å²) in [4.78, 5) is 15.6. The molecule has 7 heteroatoms. The quantitative estimate of drug-likeness (QED) is 0.842. The molecule has 88 valence electrons. The van der Waals surface area contributed by atoms with Crippen LogP contribution in [0, 0.1) is 0 Å². The fraction of sp³-hybridized carbons (Fsp3) is 0.100. The standard InChI is InChI=1S/C10H10ClN5O/c1-16-3-2-8(15-16)14-10(17)6-4-7(11)9(12)13-5-6/h2-5H,1H3,(H2,12,13)(H,14,15,17). The first kappa shape index (κ1) is 11.4. The van der Waals surface area contributed by atoms with Gasteiger partial charge in [-0.25, -0.2) is 4.98 Å². The maximum absolute atomic E-state index is 11.8. The summed E-state index contributed by atoms with van der Waals surface area (Å²) in [7, 11) is 1.76. The summed E-state index contributed by atoms with van der Waals surface area (Å²) in [6, 6.07) is 3.15. The van der Waals surface area contributed by atoms with Gasteiger partial charge in [0.25, 0.3) is 5.91 Å². The molecule has 0 radical (unpaired) electrons. The molecule has 0 aliphatic heterocycles. The monoisotopic (exact) mass is 251 g/mol. The van der Waals surface area contributed by atoms with E-state index in [2.05, 4.69) is 15.4 Å². The summed E-state index contributed by atoms with van der Waals surface area (Å²) >= 11 is 5.78. The number of pyridine rings is 1. The molecule has 0 saturated carbocycles. The molecule has 0 saturated heterocycles. The molecule has 0 spiro atoms. The number of nitrogens with one attached hydrogen (secondary N) is 1. The van der Waals surface area contributed by atoms with E-state index in [1.807, 2.05) is 0 Å². The number of halogens is 1. The molecule has 2 aromatic heterocycles. The molecule has 0 aromatic carbocycles. The lowest BCUT2D eigenvalue weighted by atomic mass is 10.2. The van der Waals surface area contributed by atoms with E-state index >= 15 is 0 Å². The van der Waals surface area contributed by atoms with Gasteiger partial charge in [0, 0.05) is 25.5 Å². The number of nitrogens with zero attached hydrogens (tertiary/aromatic N) is 3. The number of hydrogen-bond acceptors (Lipinski definition) is 4. The van der Waals surface area contributed by atoms with E-state index in [1.54, 1.807) is 24.0 Å². The Labute approximate surface area is 102 Å². The zero-order valence-electron chi connectivity index (χ0n) is 9.01. The maximum atomic E-state index is 11.8. The van der Waals surface area contributed by atoms with Crippen molar-refractivity contribution in [2.45, 2.75) is 0 Å². The summed E-state index contributed by atoms with van der Waals surface area (Å²) in [5.74, 6) is 0.324. The Morgan fingerprint density at radius 1 is 1.59 bits per heavy atom. The zero-order chi connectivity index (χ0) is 12.4. The van der Waals surface area contributed by atoms with Crippen LogP contribution in [0.25, 0.3) is 0 Å². The summed E-state index contributed by atoms with van der Waals surface area (Å²) < 4.78 is 1.59. The van der Waals surface area contributed by atoms with Crippen molar-refractivity contribution in [2.75, 3.05) is 11.1 Å². The first-order chi connectivity index (χ1) is 8.06. The predicted octanol–water partition coefficient (Wildman–Crippen LogP) is 1.30. The smallest absolute Gasteiger partial charge is 0.258 e. The number of hydrogen-bond donors (Lipinski definition) is 2. The van der Waals surface area contributed by atoms with Crippen LogP contribution in [-0.2, 0) is 7.05 Å². The molecular formula is C10H10ClN5O. The minimum atomic E-state index is -0.335. The van der Waals surface area contributed by atoms with Crippen molar-refractivity contribution in [3.8, 4) is 0 Å². The third-order valence-corrected chi connectivity index (χ3v) is 2.39. The van der Waals surface area contributed by atoms with Crippen molar-refractivity contribution in [1.29, 1.82) is 0 Å². The van der Waals surface area contributed by atoms with Crippen LogP contribution < -0.4 is 11.1 Å². The molecule has 0 atom stereocenters. The second-order valence-corrected chi connectivity index (χ2v) is 3.83. The van der Waals surface area contributed by atoms with Gasteiger partial charge in [-0.2, -0.15) is 5.10 Å². The number of carbonyl (C=O) groups is 1. The van der Waals surface area contributed by atoms with Crippen molar-refractivity contribution < 1.29 is 4.79 Å². The Morgan fingerprint density at radius 2 is 2.35 bits per heavy atom. The Hall–Kier alpha value is -2.08. The summed E-state index contributed by atoms with van der Waals surface area (Å²) in [5, 5.41) is 6.89. The average molecular weight is 252 g/mol. The van der Waals surface area contributed by atoms with Crippen LogP contribution >= 0.6 is 11.6 Å². The fourth-order valence-corrected chi connectivity index (χ4v) is 1.41. The zero-order valence-corrected chi connectivity index (χ0v) is 9.77. The van der Waals surface area contributed by atoms with E-state index in [1.165, 1.54) is 12.3 Å². The molecule has 1 amide bonds. The highest BCUT2D eigenvalue weighted by molar-refractivity contribution is 6.33. The molecule has 2 heterocycles. The molecule has 0 bridgehead atoms. The molecule has 3 N–H and O–H groups in total. The van der Waals surface area contributed by atoms with Gasteiger partial charge in [0.15, 0.2) is 5.82 Å². The van der Waals surface area contributed by atoms with E-state index in [0.29, 0.717) is 11.4 Å². The lowest BCUT2D eigenvalue weighted by molar-refractivity contribution is 0.102. The molecule has 2 rings (SSSR count). The number of aromatic nitrogens is 3. The SMILES string of the molecule is Cn1ccc(NC(=O)c2cnc(N)c(Cl)c2)n1. The minimum absolute atomic E-state index is 0.195. The number of nitrogen functional groups attached to an aromatic ring is 1. The number of carbonyl (C=O) groups excluding carboxylic acids is 1. The number of anilines is 2. The van der Waals surface area contributed by atoms with Crippen LogP contribution in [0.2, 0.25) is 5.02 Å². The van der Waals surface area contributed by atoms with Crippen LogP contribution in [0.3, 0.4) is 0 Å². The van der Waals surface area contributed by atoms with Gasteiger partial charge in [-0.3, -0.25) is 9.48 Å². The predicted molar refractivity (Wildman–Crippen MR) is 64.8 cm³/mol. The molecule has 0 fully saturated rings. The Balaban J connectivity index is 2.17. The lowest BCUT2D eigenvalue weighted by Crippen LogP contribution is -2.13. The number of nitrogens with two attached hydrogens (primary N) is 1. The number of aryl methyl sites for hydroxylation is 1. The first-order valence-corrected chi connectivity index (χ1v) is 5.16. The molecule has 0 aliphatic rings. The van der Waals surface area contributed by atoms with Crippen LogP contribution in [0.5, 0.6) is 0 Å². The molecule has 0 unspecified atom stereocenters. The van der Waals surface area contributed by atoms with Gasteiger partial charge in [-0.1, -0.05) is 11.6 Å². The highest BCUT2D eigenvalue weighted by Gasteiger charge is 2.10. The van der Waals surface area contributed by atoms with Gasteiger partial charge in [0.05, 0.1) is 10.6 Å². The van der Waals surface area contributed by atoms with Crippen LogP contribution in [0.15, 0.2) is 24.5 Å². The minimum Gasteiger partial charge on any atom is -0.382 e. The third kappa shape index (κ3) is 2.54. The lowest BCUT2D eigenvalue weighted by Gasteiger charge is -2.03. The number of rotatable bonds is 2. The topological polar surface area (TPSA) is 85.8 Å². The van der Waals surface area contributed by atoms with Crippen LogP contribution in [0.1, 0.15) is 10.4 Å². The Kier molecular flexibility index (Phi) is 2.97. The maximum Gasteiger partial charge on any atom is 0.258 e. The van der Waals surface area contributed by atoms with Crippen molar-refractivity contribution in [3.63, 3.8) is 0 Å². The summed E-state index contributed by atoms with van der Waals surface area (Å²) in [6.45, 7) is 0. The van der Waals surface area contributed by atoms with E-state index in [0.717, 1.165) is 0 Å². The fourth-order valence-electron chi connectivity index (χ4n) is 1.24. The molecule has 6 nitrogen and oxygen atoms in total. The second-order valence-electron chi connectivity index (χ2n) is 3.42. The molecule has 0 aliphatic carbocycles. The van der Waals surface area contributed by atoms with E-state index in [9.17, 15) is 4.79 Å². The van der Waals surface area contributed by atoms with E-state index < -0.39 is 0 Å². The highest BCUT2D eigenvalue weighted by Crippen LogP contribution is 2.17. The average Bonchev–Trinajstić information content (AvgIpc) is 2.68. The van der Waals surface area contributed by atoms with Gasteiger partial charge in [0.1, 0.15) is 5.82 Å². The van der Waals surface area contributed by atoms with Crippen LogP contribution in [-0.4, -0.2) is 20.7 Å². The third-order valence-electron chi connectivity index (χ3n) is 2.09. The Bertz CT molecular complexity index is 566. The van der Waals surface area contributed by atoms with Crippen molar-refractivity contribution in [2.24, 2.45) is 7.05 Å². The molecule has 17 heavy (non-hydrogen) atoms. The van der Waals surface area contributed by atoms with Crippen LogP contribution in [0.4, 0.5) is 11.6 Å². The normalized spacial score (nSPS) is 10.2. The van der Waals surface area contributed by atoms with Gasteiger partial charge in [-0.05, 0) is 6.07 Å². The van der Waals surface area contributed by atoms with Gasteiger partial charge in [0.2, 0.25) is 0 Å². The van der Waals surface area contributed by atoms with Gasteiger partial charge >= 0.3 is 0 Å². The highest BCUT2D eigenvalue weighted by atomic mass is 35.5. The van der Waals surface area contributed by atoms with Gasteiger partial charge in [-0.15, -0.1) is 0 Å². The van der Waals surface area contributed by atoms with E-state index in [-0.39, 0.29) is 16.7 Å². The summed E-state index contributed by atoms with van der Waals surface area (Å²) in [5.41, 5.74) is 5.78. The Morgan fingerprint density at radius 3 is 2.94 bits per heavy atom. The van der Waals surface area contributed by atoms with Crippen molar-refractivity contribution in [3.05, 3.63) is 35.1 Å². The van der Waals surface area contributed by atoms with Crippen molar-refractivity contribution >= 4 is 29.1 Å². The molecule has 2 aromatic rings. The second kappa shape index (κ2) is 4.42. The molecular weight excluding hydrogens is 242 g/mol. The first-order valence-electron chi connectivity index (χ1n) is 4.78. The summed E-state index contributed by atoms with van der Waals surface area (Å²) in [6.07, 6.45) is 3.09. The van der Waals surface area contributed by atoms with E-state index in [4.69, 9.17) is 17.3 Å².